The maximum absolute atomic E-state index is 12.8. The molecule has 1 aromatic carbocycles. The molecule has 4 nitrogen and oxygen atoms in total. The molecule has 2 unspecified atom stereocenters. The summed E-state index contributed by atoms with van der Waals surface area (Å²) in [6, 6.07) is 9.30. The molecule has 0 aromatic heterocycles. The highest BCUT2D eigenvalue weighted by molar-refractivity contribution is 5.75. The number of fused-ring (bicyclic) bond motifs is 4. The third-order valence-electron chi connectivity index (χ3n) is 9.71. The van der Waals surface area contributed by atoms with E-state index < -0.39 is 0 Å². The standard InChI is InChI=1S/C27H39N3O/c31-26(30-12-3-4-13-30)28-25-19-27(24-6-2-1-5-23(24)25)10-15-29(16-11-27)14-9-22-18-20-7-8-21(22)17-20/h1-2,5-6,20-22,25H,3-4,7-19H2,(H,28,31)/t20?,21-,22?,25+/m1/s1. The smallest absolute Gasteiger partial charge is 0.317 e. The van der Waals surface area contributed by atoms with Gasteiger partial charge in [-0.25, -0.2) is 4.79 Å². The van der Waals surface area contributed by atoms with E-state index in [1.54, 1.807) is 0 Å². The van der Waals surface area contributed by atoms with Crippen LogP contribution in [-0.4, -0.2) is 48.6 Å². The van der Waals surface area contributed by atoms with Gasteiger partial charge in [0.1, 0.15) is 0 Å². The van der Waals surface area contributed by atoms with Crippen molar-refractivity contribution in [1.29, 1.82) is 0 Å². The number of hydrogen-bond acceptors (Lipinski definition) is 2. The molecule has 2 saturated carbocycles. The molecule has 1 aromatic rings. The van der Waals surface area contributed by atoms with Gasteiger partial charge in [0.05, 0.1) is 6.04 Å². The van der Waals surface area contributed by atoms with Crippen LogP contribution in [0.15, 0.2) is 24.3 Å². The number of hydrogen-bond donors (Lipinski definition) is 1. The minimum Gasteiger partial charge on any atom is -0.331 e. The Kier molecular flexibility index (Phi) is 5.25. The molecule has 2 saturated heterocycles. The van der Waals surface area contributed by atoms with Crippen molar-refractivity contribution in [2.45, 2.75) is 75.7 Å². The molecule has 6 rings (SSSR count). The predicted octanol–water partition coefficient (Wildman–Crippen LogP) is 5.10. The summed E-state index contributed by atoms with van der Waals surface area (Å²) in [7, 11) is 0. The van der Waals surface area contributed by atoms with Crippen LogP contribution < -0.4 is 5.32 Å². The molecule has 1 spiro atoms. The van der Waals surface area contributed by atoms with E-state index in [2.05, 4.69) is 34.5 Å². The molecular weight excluding hydrogens is 382 g/mol. The number of nitrogens with one attached hydrogen (secondary N) is 1. The largest absolute Gasteiger partial charge is 0.331 e. The zero-order valence-corrected chi connectivity index (χ0v) is 19.0. The fraction of sp³-hybridized carbons (Fsp3) is 0.741. The zero-order valence-electron chi connectivity index (χ0n) is 19.0. The molecular formula is C27H39N3O. The van der Waals surface area contributed by atoms with Gasteiger partial charge in [-0.05, 0) is 106 Å². The second-order valence-corrected chi connectivity index (χ2v) is 11.3. The van der Waals surface area contributed by atoms with E-state index in [0.717, 1.165) is 50.1 Å². The van der Waals surface area contributed by atoms with Crippen LogP contribution >= 0.6 is 0 Å². The Morgan fingerprint density at radius 2 is 1.84 bits per heavy atom. The number of amides is 2. The fourth-order valence-corrected chi connectivity index (χ4v) is 7.94. The van der Waals surface area contributed by atoms with Crippen molar-refractivity contribution < 1.29 is 4.79 Å². The van der Waals surface area contributed by atoms with E-state index in [0.29, 0.717) is 0 Å². The van der Waals surface area contributed by atoms with Crippen LogP contribution in [0.3, 0.4) is 0 Å². The Bertz CT molecular complexity index is 808. The molecule has 5 aliphatic rings. The summed E-state index contributed by atoms with van der Waals surface area (Å²) >= 11 is 0. The molecule has 2 aliphatic heterocycles. The number of nitrogens with zero attached hydrogens (tertiary/aromatic N) is 2. The highest BCUT2D eigenvalue weighted by Crippen LogP contribution is 2.52. The Morgan fingerprint density at radius 1 is 1.03 bits per heavy atom. The third-order valence-corrected chi connectivity index (χ3v) is 9.71. The molecule has 4 atom stereocenters. The van der Waals surface area contributed by atoms with Gasteiger partial charge in [-0.1, -0.05) is 30.7 Å². The average Bonchev–Trinajstić information content (AvgIpc) is 3.59. The number of likely N-dealkylation sites (tertiary alicyclic amines) is 2. The lowest BCUT2D eigenvalue weighted by Crippen LogP contribution is -2.43. The van der Waals surface area contributed by atoms with E-state index in [-0.39, 0.29) is 17.5 Å². The molecule has 2 bridgehead atoms. The zero-order chi connectivity index (χ0) is 20.8. The minimum absolute atomic E-state index is 0.151. The van der Waals surface area contributed by atoms with Gasteiger partial charge in [0, 0.05) is 18.5 Å². The van der Waals surface area contributed by atoms with Gasteiger partial charge < -0.3 is 15.1 Å². The first-order valence-electron chi connectivity index (χ1n) is 13.1. The molecule has 4 fully saturated rings. The number of benzene rings is 1. The first kappa shape index (κ1) is 20.1. The van der Waals surface area contributed by atoms with Gasteiger partial charge in [0.2, 0.25) is 0 Å². The first-order chi connectivity index (χ1) is 15.2. The Balaban J connectivity index is 1.08. The quantitative estimate of drug-likeness (QED) is 0.734. The third kappa shape index (κ3) is 3.69. The molecule has 2 heterocycles. The highest BCUT2D eigenvalue weighted by Gasteiger charge is 2.46. The normalized spacial score (nSPS) is 33.9. The summed E-state index contributed by atoms with van der Waals surface area (Å²) in [6.07, 6.45) is 13.4. The molecule has 168 valence electrons. The van der Waals surface area contributed by atoms with Crippen molar-refractivity contribution in [3.63, 3.8) is 0 Å². The van der Waals surface area contributed by atoms with Crippen LogP contribution in [0.5, 0.6) is 0 Å². The SMILES string of the molecule is O=C(N[C@H]1CC2(CCN(CCC3CC4CC[C@@H]3C4)CC2)c2ccccc21)N1CCCC1. The van der Waals surface area contributed by atoms with E-state index >= 15 is 0 Å². The Labute approximate surface area is 187 Å². The van der Waals surface area contributed by atoms with Gasteiger partial charge in [-0.15, -0.1) is 0 Å². The topological polar surface area (TPSA) is 35.6 Å². The summed E-state index contributed by atoms with van der Waals surface area (Å²) in [4.78, 5) is 17.6. The molecule has 2 amide bonds. The predicted molar refractivity (Wildman–Crippen MR) is 124 cm³/mol. The number of carbonyl (C=O) groups is 1. The van der Waals surface area contributed by atoms with Gasteiger partial charge in [0.25, 0.3) is 0 Å². The van der Waals surface area contributed by atoms with Crippen molar-refractivity contribution in [3.8, 4) is 0 Å². The lowest BCUT2D eigenvalue weighted by molar-refractivity contribution is 0.138. The first-order valence-corrected chi connectivity index (χ1v) is 13.1. The molecule has 4 heteroatoms. The second kappa shape index (κ2) is 8.10. The van der Waals surface area contributed by atoms with Crippen molar-refractivity contribution in [3.05, 3.63) is 35.4 Å². The summed E-state index contributed by atoms with van der Waals surface area (Å²) in [5, 5.41) is 3.41. The molecule has 1 N–H and O–H groups in total. The van der Waals surface area contributed by atoms with Crippen molar-refractivity contribution in [2.75, 3.05) is 32.7 Å². The number of piperidine rings is 1. The molecule has 0 radical (unpaired) electrons. The lowest BCUT2D eigenvalue weighted by atomic mass is 9.73. The van der Waals surface area contributed by atoms with Gasteiger partial charge in [0.15, 0.2) is 0 Å². The van der Waals surface area contributed by atoms with Crippen molar-refractivity contribution in [2.24, 2.45) is 17.8 Å². The Hall–Kier alpha value is -1.55. The van der Waals surface area contributed by atoms with Gasteiger partial charge in [-0.2, -0.15) is 0 Å². The van der Waals surface area contributed by atoms with Crippen molar-refractivity contribution in [1.82, 2.24) is 15.1 Å². The monoisotopic (exact) mass is 421 g/mol. The number of carbonyl (C=O) groups excluding carboxylic acids is 1. The summed E-state index contributed by atoms with van der Waals surface area (Å²) in [5.74, 6) is 3.15. The number of rotatable bonds is 4. The van der Waals surface area contributed by atoms with Crippen LogP contribution in [0.1, 0.15) is 81.4 Å². The van der Waals surface area contributed by atoms with E-state index in [1.165, 1.54) is 75.7 Å². The lowest BCUT2D eigenvalue weighted by Gasteiger charge is -2.41. The van der Waals surface area contributed by atoms with E-state index in [4.69, 9.17) is 0 Å². The van der Waals surface area contributed by atoms with Crippen LogP contribution in [0, 0.1) is 17.8 Å². The maximum Gasteiger partial charge on any atom is 0.317 e. The van der Waals surface area contributed by atoms with Crippen LogP contribution in [0.25, 0.3) is 0 Å². The fourth-order valence-electron chi connectivity index (χ4n) is 7.94. The summed E-state index contributed by atoms with van der Waals surface area (Å²) < 4.78 is 0. The van der Waals surface area contributed by atoms with Gasteiger partial charge >= 0.3 is 6.03 Å². The summed E-state index contributed by atoms with van der Waals surface area (Å²) in [6.45, 7) is 5.59. The average molecular weight is 422 g/mol. The van der Waals surface area contributed by atoms with E-state index in [1.807, 2.05) is 4.90 Å². The highest BCUT2D eigenvalue weighted by atomic mass is 16.2. The summed E-state index contributed by atoms with van der Waals surface area (Å²) in [5.41, 5.74) is 3.17. The van der Waals surface area contributed by atoms with E-state index in [9.17, 15) is 4.79 Å². The minimum atomic E-state index is 0.151. The van der Waals surface area contributed by atoms with Crippen LogP contribution in [-0.2, 0) is 5.41 Å². The Morgan fingerprint density at radius 3 is 2.58 bits per heavy atom. The second-order valence-electron chi connectivity index (χ2n) is 11.3. The number of urea groups is 1. The van der Waals surface area contributed by atoms with Crippen LogP contribution in [0.2, 0.25) is 0 Å². The van der Waals surface area contributed by atoms with Crippen LogP contribution in [0.4, 0.5) is 4.79 Å². The maximum atomic E-state index is 12.8. The van der Waals surface area contributed by atoms with Crippen molar-refractivity contribution >= 4 is 6.03 Å². The van der Waals surface area contributed by atoms with Gasteiger partial charge in [-0.3, -0.25) is 0 Å². The molecule has 31 heavy (non-hydrogen) atoms. The molecule has 3 aliphatic carbocycles.